The van der Waals surface area contributed by atoms with E-state index in [4.69, 9.17) is 5.73 Å². The number of nitrogens with zero attached hydrogens (tertiary/aromatic N) is 2. The maximum atomic E-state index is 13.4. The fourth-order valence-corrected chi connectivity index (χ4v) is 5.70. The molecule has 2 aliphatic rings. The van der Waals surface area contributed by atoms with Crippen molar-refractivity contribution < 1.29 is 18.0 Å². The number of thiophene rings is 1. The van der Waals surface area contributed by atoms with Gasteiger partial charge in [-0.15, -0.1) is 11.3 Å². The average molecular weight is 472 g/mol. The summed E-state index contributed by atoms with van der Waals surface area (Å²) in [4.78, 5) is 17.0. The van der Waals surface area contributed by atoms with E-state index in [-0.39, 0.29) is 22.6 Å². The summed E-state index contributed by atoms with van der Waals surface area (Å²) in [5, 5.41) is 10.1. The quantitative estimate of drug-likeness (QED) is 0.573. The molecule has 4 rings (SSSR count). The minimum absolute atomic E-state index is 0.0603. The van der Waals surface area contributed by atoms with E-state index in [1.54, 1.807) is 16.2 Å². The van der Waals surface area contributed by atoms with Gasteiger partial charge >= 0.3 is 6.18 Å². The van der Waals surface area contributed by atoms with Gasteiger partial charge in [-0.1, -0.05) is 20.8 Å². The van der Waals surface area contributed by atoms with Crippen molar-refractivity contribution in [3.8, 4) is 6.07 Å². The SMILES string of the molecule is CCc1ccc(C2C(C#N)=C(N)N(c3ccc(C(F)(F)F)cc3)C3=C2C(=O)CC(C)(C)C3)s1. The second-order valence-corrected chi connectivity index (χ2v) is 10.4. The number of alkyl halides is 3. The lowest BCUT2D eigenvalue weighted by Crippen LogP contribution is -2.42. The van der Waals surface area contributed by atoms with Crippen LogP contribution in [0.1, 0.15) is 54.8 Å². The molecule has 0 amide bonds. The number of nitrogens with two attached hydrogens (primary N) is 1. The Morgan fingerprint density at radius 1 is 1.18 bits per heavy atom. The second-order valence-electron chi connectivity index (χ2n) is 9.18. The lowest BCUT2D eigenvalue weighted by atomic mass is 9.69. The number of ketones is 1. The number of carbonyl (C=O) groups excluding carboxylic acids is 1. The third-order valence-electron chi connectivity index (χ3n) is 6.15. The molecular formula is C25H24F3N3OS. The number of carbonyl (C=O) groups is 1. The zero-order valence-corrected chi connectivity index (χ0v) is 19.4. The molecule has 8 heteroatoms. The topological polar surface area (TPSA) is 70.1 Å². The molecule has 1 aromatic carbocycles. The van der Waals surface area contributed by atoms with Crippen molar-refractivity contribution in [3.63, 3.8) is 0 Å². The summed E-state index contributed by atoms with van der Waals surface area (Å²) in [7, 11) is 0. The van der Waals surface area contributed by atoms with Crippen LogP contribution in [-0.4, -0.2) is 5.78 Å². The molecule has 2 aromatic rings. The van der Waals surface area contributed by atoms with E-state index in [0.29, 0.717) is 29.8 Å². The van der Waals surface area contributed by atoms with Crippen LogP contribution in [0.5, 0.6) is 0 Å². The minimum Gasteiger partial charge on any atom is -0.384 e. The average Bonchev–Trinajstić information content (AvgIpc) is 3.20. The molecule has 1 aliphatic carbocycles. The summed E-state index contributed by atoms with van der Waals surface area (Å²) < 4.78 is 39.3. The maximum Gasteiger partial charge on any atom is 0.416 e. The first-order chi connectivity index (χ1) is 15.5. The fourth-order valence-electron chi connectivity index (χ4n) is 4.63. The highest BCUT2D eigenvalue weighted by Crippen LogP contribution is 2.51. The smallest absolute Gasteiger partial charge is 0.384 e. The predicted octanol–water partition coefficient (Wildman–Crippen LogP) is 6.27. The van der Waals surface area contributed by atoms with Crippen molar-refractivity contribution in [2.45, 2.75) is 52.1 Å². The number of hydrogen-bond donors (Lipinski definition) is 1. The van der Waals surface area contributed by atoms with E-state index in [1.165, 1.54) is 12.1 Å². The zero-order valence-electron chi connectivity index (χ0n) is 18.6. The second kappa shape index (κ2) is 8.07. The Balaban J connectivity index is 1.93. The third kappa shape index (κ3) is 4.06. The van der Waals surface area contributed by atoms with Gasteiger partial charge in [0, 0.05) is 33.1 Å². The van der Waals surface area contributed by atoms with Crippen LogP contribution in [-0.2, 0) is 17.4 Å². The van der Waals surface area contributed by atoms with E-state index in [0.717, 1.165) is 28.3 Å². The van der Waals surface area contributed by atoms with Crippen molar-refractivity contribution in [2.75, 3.05) is 4.90 Å². The highest BCUT2D eigenvalue weighted by Gasteiger charge is 2.45. The molecule has 0 bridgehead atoms. The molecule has 1 atom stereocenters. The molecule has 33 heavy (non-hydrogen) atoms. The van der Waals surface area contributed by atoms with Crippen molar-refractivity contribution in [3.05, 3.63) is 74.4 Å². The Morgan fingerprint density at radius 3 is 2.39 bits per heavy atom. The standard InChI is InChI=1S/C25H24F3N3OS/c1-4-16-9-10-20(33-16)21-17(13-29)23(30)31(15-7-5-14(6-8-15)25(26,27)28)18-11-24(2,3)12-19(32)22(18)21/h5-10,21H,4,11-12,30H2,1-3H3. The summed E-state index contributed by atoms with van der Waals surface area (Å²) in [6, 6.07) is 10.8. The van der Waals surface area contributed by atoms with Crippen molar-refractivity contribution >= 4 is 22.8 Å². The highest BCUT2D eigenvalue weighted by atomic mass is 32.1. The molecule has 0 spiro atoms. The first-order valence-corrected chi connectivity index (χ1v) is 11.5. The minimum atomic E-state index is -4.46. The third-order valence-corrected chi connectivity index (χ3v) is 7.44. The molecule has 2 heterocycles. The van der Waals surface area contributed by atoms with E-state index in [9.17, 15) is 23.2 Å². The summed E-state index contributed by atoms with van der Waals surface area (Å²) >= 11 is 1.55. The van der Waals surface area contributed by atoms with Crippen molar-refractivity contribution in [1.82, 2.24) is 0 Å². The Labute approximate surface area is 194 Å². The zero-order chi connectivity index (χ0) is 24.1. The summed E-state index contributed by atoms with van der Waals surface area (Å²) in [5.41, 5.74) is 7.21. The van der Waals surface area contributed by atoms with Crippen LogP contribution in [0.3, 0.4) is 0 Å². The van der Waals surface area contributed by atoms with Gasteiger partial charge in [-0.3, -0.25) is 9.69 Å². The van der Waals surface area contributed by atoms with Gasteiger partial charge in [-0.2, -0.15) is 18.4 Å². The van der Waals surface area contributed by atoms with Crippen LogP contribution in [0, 0.1) is 16.7 Å². The van der Waals surface area contributed by atoms with Crippen LogP contribution in [0.2, 0.25) is 0 Å². The number of hydrogen-bond acceptors (Lipinski definition) is 5. The van der Waals surface area contributed by atoms with Gasteiger partial charge in [-0.05, 0) is 54.7 Å². The van der Waals surface area contributed by atoms with Crippen LogP contribution in [0.15, 0.2) is 59.1 Å². The van der Waals surface area contributed by atoms with Crippen LogP contribution in [0.4, 0.5) is 18.9 Å². The van der Waals surface area contributed by atoms with Crippen LogP contribution < -0.4 is 10.6 Å². The first kappa shape index (κ1) is 23.1. The number of benzene rings is 1. The summed E-state index contributed by atoms with van der Waals surface area (Å²) in [5.74, 6) is -0.475. The number of nitriles is 1. The predicted molar refractivity (Wildman–Crippen MR) is 122 cm³/mol. The maximum absolute atomic E-state index is 13.4. The largest absolute Gasteiger partial charge is 0.416 e. The molecule has 2 N–H and O–H groups in total. The molecule has 1 aromatic heterocycles. The van der Waals surface area contributed by atoms with Gasteiger partial charge in [0.1, 0.15) is 5.82 Å². The van der Waals surface area contributed by atoms with Gasteiger partial charge < -0.3 is 5.73 Å². The number of Topliss-reactive ketones (excluding diaryl/α,β-unsaturated/α-hetero) is 1. The van der Waals surface area contributed by atoms with Gasteiger partial charge in [0.2, 0.25) is 0 Å². The van der Waals surface area contributed by atoms with Gasteiger partial charge in [0.05, 0.1) is 23.1 Å². The molecule has 0 saturated heterocycles. The van der Waals surface area contributed by atoms with Gasteiger partial charge in [0.25, 0.3) is 0 Å². The van der Waals surface area contributed by atoms with E-state index in [2.05, 4.69) is 6.07 Å². The normalized spacial score (nSPS) is 20.7. The lowest BCUT2D eigenvalue weighted by Gasteiger charge is -2.43. The number of halogens is 3. The van der Waals surface area contributed by atoms with Gasteiger partial charge in [-0.25, -0.2) is 0 Å². The Kier molecular flexibility index (Phi) is 5.65. The molecule has 0 fully saturated rings. The molecule has 1 aliphatic heterocycles. The van der Waals surface area contributed by atoms with Crippen LogP contribution >= 0.6 is 11.3 Å². The first-order valence-electron chi connectivity index (χ1n) is 10.7. The summed E-state index contributed by atoms with van der Waals surface area (Å²) in [6.07, 6.45) is -2.79. The van der Waals surface area contributed by atoms with E-state index < -0.39 is 17.7 Å². The van der Waals surface area contributed by atoms with Crippen molar-refractivity contribution in [1.29, 1.82) is 5.26 Å². The van der Waals surface area contributed by atoms with Crippen LogP contribution in [0.25, 0.3) is 0 Å². The number of aryl methyl sites for hydroxylation is 1. The lowest BCUT2D eigenvalue weighted by molar-refractivity contribution is -0.137. The van der Waals surface area contributed by atoms with Crippen molar-refractivity contribution in [2.24, 2.45) is 11.1 Å². The molecule has 172 valence electrons. The Hall–Kier alpha value is -3.05. The number of allylic oxidation sites excluding steroid dienone is 3. The highest BCUT2D eigenvalue weighted by molar-refractivity contribution is 7.12. The molecule has 1 unspecified atom stereocenters. The van der Waals surface area contributed by atoms with E-state index >= 15 is 0 Å². The molecule has 0 saturated carbocycles. The fraction of sp³-hybridized carbons (Fsp3) is 0.360. The van der Waals surface area contributed by atoms with Gasteiger partial charge in [0.15, 0.2) is 5.78 Å². The monoisotopic (exact) mass is 471 g/mol. The molecule has 4 nitrogen and oxygen atoms in total. The summed E-state index contributed by atoms with van der Waals surface area (Å²) in [6.45, 7) is 6.00. The molecular weight excluding hydrogens is 447 g/mol. The molecule has 0 radical (unpaired) electrons. The van der Waals surface area contributed by atoms with E-state index in [1.807, 2.05) is 32.9 Å². The Morgan fingerprint density at radius 2 is 1.85 bits per heavy atom. The Bertz CT molecular complexity index is 1210. The number of anilines is 1. The number of rotatable bonds is 3.